The van der Waals surface area contributed by atoms with Gasteiger partial charge in [0.25, 0.3) is 0 Å². The van der Waals surface area contributed by atoms with Crippen molar-refractivity contribution in [3.8, 4) is 0 Å². The molecule has 96 valence electrons. The van der Waals surface area contributed by atoms with E-state index in [-0.39, 0.29) is 5.82 Å². The minimum Gasteiger partial charge on any atom is -0.316 e. The summed E-state index contributed by atoms with van der Waals surface area (Å²) in [6.07, 6.45) is 1.93. The Morgan fingerprint density at radius 1 is 1.39 bits per heavy atom. The molecule has 2 aromatic rings. The highest BCUT2D eigenvalue weighted by atomic mass is 35.5. The molecule has 0 amide bonds. The van der Waals surface area contributed by atoms with Crippen molar-refractivity contribution in [2.45, 2.75) is 20.0 Å². The smallest absolute Gasteiger partial charge is 0.129 e. The molecule has 0 aliphatic rings. The summed E-state index contributed by atoms with van der Waals surface area (Å²) in [6, 6.07) is 4.69. The van der Waals surface area contributed by atoms with Crippen LogP contribution in [0.3, 0.4) is 0 Å². The van der Waals surface area contributed by atoms with Crippen LogP contribution in [0.15, 0.2) is 24.4 Å². The molecular weight excluding hydrogens is 253 g/mol. The topological polar surface area (TPSA) is 29.9 Å². The van der Waals surface area contributed by atoms with E-state index in [1.54, 1.807) is 16.8 Å². The Balaban J connectivity index is 2.20. The van der Waals surface area contributed by atoms with Gasteiger partial charge in [0.2, 0.25) is 0 Å². The van der Waals surface area contributed by atoms with Gasteiger partial charge in [-0.05, 0) is 26.1 Å². The molecule has 1 aromatic carbocycles. The van der Waals surface area contributed by atoms with E-state index in [4.69, 9.17) is 11.6 Å². The molecule has 0 bridgehead atoms. The number of halogens is 2. The summed E-state index contributed by atoms with van der Waals surface area (Å²) in [5.41, 5.74) is 2.66. The van der Waals surface area contributed by atoms with Crippen LogP contribution in [-0.2, 0) is 13.1 Å². The lowest BCUT2D eigenvalue weighted by Crippen LogP contribution is -2.05. The first-order chi connectivity index (χ1) is 8.60. The molecule has 18 heavy (non-hydrogen) atoms. The molecule has 0 fully saturated rings. The molecule has 0 spiro atoms. The first kappa shape index (κ1) is 13.1. The maximum absolute atomic E-state index is 13.7. The van der Waals surface area contributed by atoms with E-state index >= 15 is 0 Å². The fraction of sp³-hybridized carbons (Fsp3) is 0.308. The second kappa shape index (κ2) is 5.50. The van der Waals surface area contributed by atoms with Gasteiger partial charge in [-0.1, -0.05) is 17.7 Å². The number of rotatable bonds is 4. The monoisotopic (exact) mass is 267 g/mol. The molecule has 0 atom stereocenters. The van der Waals surface area contributed by atoms with Gasteiger partial charge in [0.15, 0.2) is 0 Å². The van der Waals surface area contributed by atoms with Crippen LogP contribution in [-0.4, -0.2) is 16.8 Å². The molecule has 0 unspecified atom stereocenters. The second-order valence-corrected chi connectivity index (χ2v) is 4.64. The zero-order chi connectivity index (χ0) is 13.1. The Hall–Kier alpha value is -1.39. The van der Waals surface area contributed by atoms with Crippen molar-refractivity contribution in [2.75, 3.05) is 7.05 Å². The van der Waals surface area contributed by atoms with Crippen LogP contribution in [0.1, 0.15) is 16.8 Å². The molecule has 5 heteroatoms. The number of hydrogen-bond donors (Lipinski definition) is 1. The van der Waals surface area contributed by atoms with Crippen LogP contribution < -0.4 is 5.32 Å². The van der Waals surface area contributed by atoms with Crippen molar-refractivity contribution in [1.29, 1.82) is 0 Å². The van der Waals surface area contributed by atoms with Crippen molar-refractivity contribution in [2.24, 2.45) is 0 Å². The Kier molecular flexibility index (Phi) is 3.99. The minimum atomic E-state index is -0.300. The molecule has 1 heterocycles. The predicted molar refractivity (Wildman–Crippen MR) is 70.2 cm³/mol. The van der Waals surface area contributed by atoms with Gasteiger partial charge in [-0.25, -0.2) is 4.39 Å². The van der Waals surface area contributed by atoms with Gasteiger partial charge >= 0.3 is 0 Å². The first-order valence-corrected chi connectivity index (χ1v) is 6.09. The molecule has 0 saturated carbocycles. The summed E-state index contributed by atoms with van der Waals surface area (Å²) < 4.78 is 15.4. The highest BCUT2D eigenvalue weighted by molar-refractivity contribution is 6.30. The highest BCUT2D eigenvalue weighted by Crippen LogP contribution is 2.16. The lowest BCUT2D eigenvalue weighted by atomic mass is 10.2. The predicted octanol–water partition coefficient (Wildman–Crippen LogP) is 2.75. The van der Waals surface area contributed by atoms with Gasteiger partial charge in [0.05, 0.1) is 12.2 Å². The molecule has 0 aliphatic heterocycles. The second-order valence-electron chi connectivity index (χ2n) is 4.20. The van der Waals surface area contributed by atoms with Gasteiger partial charge in [0.1, 0.15) is 5.82 Å². The summed E-state index contributed by atoms with van der Waals surface area (Å²) in [6.45, 7) is 3.11. The summed E-state index contributed by atoms with van der Waals surface area (Å²) in [7, 11) is 1.88. The number of aromatic nitrogens is 2. The van der Waals surface area contributed by atoms with Crippen molar-refractivity contribution >= 4 is 11.6 Å². The van der Waals surface area contributed by atoms with Crippen molar-refractivity contribution in [1.82, 2.24) is 15.1 Å². The van der Waals surface area contributed by atoms with E-state index < -0.39 is 0 Å². The van der Waals surface area contributed by atoms with Gasteiger partial charge < -0.3 is 5.32 Å². The third-order valence-corrected chi connectivity index (χ3v) is 3.00. The average Bonchev–Trinajstić information content (AvgIpc) is 2.64. The number of nitrogens with one attached hydrogen (secondary N) is 1. The van der Waals surface area contributed by atoms with Gasteiger partial charge in [-0.2, -0.15) is 5.10 Å². The molecule has 0 saturated heterocycles. The SMILES string of the molecule is CNCc1cn(Cc2ccc(Cl)cc2F)nc1C. The highest BCUT2D eigenvalue weighted by Gasteiger charge is 2.07. The summed E-state index contributed by atoms with van der Waals surface area (Å²) in [4.78, 5) is 0. The Bertz CT molecular complexity index is 551. The molecule has 2 rings (SSSR count). The van der Waals surface area contributed by atoms with Crippen molar-refractivity contribution in [3.05, 3.63) is 52.1 Å². The maximum Gasteiger partial charge on any atom is 0.129 e. The van der Waals surface area contributed by atoms with E-state index in [1.807, 2.05) is 20.2 Å². The first-order valence-electron chi connectivity index (χ1n) is 5.71. The molecule has 3 nitrogen and oxygen atoms in total. The van der Waals surface area contributed by atoms with E-state index in [2.05, 4.69) is 10.4 Å². The summed E-state index contributed by atoms with van der Waals surface area (Å²) >= 11 is 5.72. The fourth-order valence-electron chi connectivity index (χ4n) is 1.83. The zero-order valence-electron chi connectivity index (χ0n) is 10.4. The fourth-order valence-corrected chi connectivity index (χ4v) is 1.99. The van der Waals surface area contributed by atoms with E-state index in [9.17, 15) is 4.39 Å². The molecule has 1 N–H and O–H groups in total. The number of hydrogen-bond acceptors (Lipinski definition) is 2. The minimum absolute atomic E-state index is 0.300. The lowest BCUT2D eigenvalue weighted by molar-refractivity contribution is 0.584. The van der Waals surface area contributed by atoms with E-state index in [0.717, 1.165) is 17.8 Å². The van der Waals surface area contributed by atoms with Crippen LogP contribution in [0.4, 0.5) is 4.39 Å². The largest absolute Gasteiger partial charge is 0.316 e. The van der Waals surface area contributed by atoms with Crippen LogP contribution in [0.5, 0.6) is 0 Å². The number of aryl methyl sites for hydroxylation is 1. The van der Waals surface area contributed by atoms with Crippen LogP contribution in [0, 0.1) is 12.7 Å². The van der Waals surface area contributed by atoms with Crippen LogP contribution >= 0.6 is 11.6 Å². The van der Waals surface area contributed by atoms with E-state index in [0.29, 0.717) is 17.1 Å². The normalized spacial score (nSPS) is 10.9. The molecular formula is C13H15ClFN3. The average molecular weight is 268 g/mol. The maximum atomic E-state index is 13.7. The van der Waals surface area contributed by atoms with Gasteiger partial charge in [-0.3, -0.25) is 4.68 Å². The van der Waals surface area contributed by atoms with Gasteiger partial charge in [-0.15, -0.1) is 0 Å². The number of nitrogens with zero attached hydrogens (tertiary/aromatic N) is 2. The van der Waals surface area contributed by atoms with Crippen LogP contribution in [0.2, 0.25) is 5.02 Å². The number of benzene rings is 1. The summed E-state index contributed by atoms with van der Waals surface area (Å²) in [5, 5.41) is 7.85. The standard InChI is InChI=1S/C13H15ClFN3/c1-9-11(6-16-2)8-18(17-9)7-10-3-4-12(14)5-13(10)15/h3-5,8,16H,6-7H2,1-2H3. The Morgan fingerprint density at radius 2 is 2.17 bits per heavy atom. The third-order valence-electron chi connectivity index (χ3n) is 2.76. The van der Waals surface area contributed by atoms with Crippen molar-refractivity contribution in [3.63, 3.8) is 0 Å². The Labute approximate surface area is 111 Å². The molecule has 1 aromatic heterocycles. The van der Waals surface area contributed by atoms with Crippen molar-refractivity contribution < 1.29 is 4.39 Å². The zero-order valence-corrected chi connectivity index (χ0v) is 11.1. The van der Waals surface area contributed by atoms with E-state index in [1.165, 1.54) is 6.07 Å². The lowest BCUT2D eigenvalue weighted by Gasteiger charge is -2.03. The Morgan fingerprint density at radius 3 is 2.83 bits per heavy atom. The van der Waals surface area contributed by atoms with Crippen LogP contribution in [0.25, 0.3) is 0 Å². The molecule has 0 aliphatic carbocycles. The van der Waals surface area contributed by atoms with Gasteiger partial charge in [0, 0.05) is 28.9 Å². The molecule has 0 radical (unpaired) electrons. The quantitative estimate of drug-likeness (QED) is 0.923. The third kappa shape index (κ3) is 2.89. The summed E-state index contributed by atoms with van der Waals surface area (Å²) in [5.74, 6) is -0.300.